The number of likely N-dealkylation sites (N-methyl/N-ethyl adjacent to an activating group) is 2. The van der Waals surface area contributed by atoms with Crippen molar-refractivity contribution in [1.29, 1.82) is 0 Å². The van der Waals surface area contributed by atoms with E-state index in [1.807, 2.05) is 18.9 Å². The maximum atomic E-state index is 11.9. The van der Waals surface area contributed by atoms with Gasteiger partial charge in [-0.1, -0.05) is 0 Å². The Balaban J connectivity index is 2.55. The molecule has 4 heteroatoms. The fourth-order valence-corrected chi connectivity index (χ4v) is 1.84. The van der Waals surface area contributed by atoms with Crippen LogP contribution in [0.5, 0.6) is 0 Å². The predicted octanol–water partition coefficient (Wildman–Crippen LogP) is -0.243. The van der Waals surface area contributed by atoms with Gasteiger partial charge in [0.1, 0.15) is 0 Å². The van der Waals surface area contributed by atoms with E-state index >= 15 is 0 Å². The molecule has 2 unspecified atom stereocenters. The minimum absolute atomic E-state index is 0.0687. The first kappa shape index (κ1) is 11.5. The quantitative estimate of drug-likeness (QED) is 0.666. The molecule has 0 saturated carbocycles. The molecule has 0 aromatic heterocycles. The highest BCUT2D eigenvalue weighted by Gasteiger charge is 2.27. The summed E-state index contributed by atoms with van der Waals surface area (Å²) in [5.41, 5.74) is 0. The summed E-state index contributed by atoms with van der Waals surface area (Å²) in [7, 11) is 3.92. The van der Waals surface area contributed by atoms with Gasteiger partial charge in [-0.05, 0) is 27.9 Å². The highest BCUT2D eigenvalue weighted by Crippen LogP contribution is 2.09. The molecule has 1 heterocycles. The Hall–Kier alpha value is -0.610. The number of piperazine rings is 1. The summed E-state index contributed by atoms with van der Waals surface area (Å²) in [4.78, 5) is 16.1. The van der Waals surface area contributed by atoms with Gasteiger partial charge in [-0.25, -0.2) is 0 Å². The molecule has 1 saturated heterocycles. The molecule has 1 aliphatic heterocycles. The van der Waals surface area contributed by atoms with Crippen LogP contribution in [-0.4, -0.2) is 61.5 Å². The summed E-state index contributed by atoms with van der Waals surface area (Å²) in [6, 6.07) is 0.262. The third-order valence-corrected chi connectivity index (χ3v) is 2.92. The molecule has 0 aromatic carbocycles. The van der Waals surface area contributed by atoms with E-state index in [0.29, 0.717) is 6.04 Å². The largest absolute Gasteiger partial charge is 0.336 e. The second-order valence-electron chi connectivity index (χ2n) is 4.15. The Bertz CT molecular complexity index is 208. The lowest BCUT2D eigenvalue weighted by molar-refractivity contribution is -0.137. The Morgan fingerprint density at radius 3 is 2.64 bits per heavy atom. The SMILES string of the molecule is CNC(C)C(=O)N1CCN(C)CC1C. The molecule has 4 nitrogen and oxygen atoms in total. The number of amides is 1. The van der Waals surface area contributed by atoms with Crippen LogP contribution in [0.15, 0.2) is 0 Å². The van der Waals surface area contributed by atoms with Crippen LogP contribution < -0.4 is 5.32 Å². The molecule has 0 aromatic rings. The summed E-state index contributed by atoms with van der Waals surface area (Å²) in [5.74, 6) is 0.216. The molecule has 0 aliphatic carbocycles. The van der Waals surface area contributed by atoms with Gasteiger partial charge in [0.15, 0.2) is 0 Å². The molecule has 0 spiro atoms. The van der Waals surface area contributed by atoms with Crippen LogP contribution in [0.3, 0.4) is 0 Å². The van der Waals surface area contributed by atoms with Crippen molar-refractivity contribution in [2.75, 3.05) is 33.7 Å². The minimum Gasteiger partial charge on any atom is -0.336 e. The van der Waals surface area contributed by atoms with E-state index in [2.05, 4.69) is 24.2 Å². The number of carbonyl (C=O) groups is 1. The van der Waals surface area contributed by atoms with Gasteiger partial charge in [0, 0.05) is 25.7 Å². The van der Waals surface area contributed by atoms with E-state index in [1.54, 1.807) is 0 Å². The van der Waals surface area contributed by atoms with E-state index in [-0.39, 0.29) is 11.9 Å². The first-order valence-corrected chi connectivity index (χ1v) is 5.22. The molecule has 1 aliphatic rings. The van der Waals surface area contributed by atoms with E-state index in [0.717, 1.165) is 19.6 Å². The van der Waals surface area contributed by atoms with Crippen LogP contribution in [0.4, 0.5) is 0 Å². The average Bonchev–Trinajstić information content (AvgIpc) is 2.15. The lowest BCUT2D eigenvalue weighted by Crippen LogP contribution is -2.56. The Morgan fingerprint density at radius 2 is 2.14 bits per heavy atom. The van der Waals surface area contributed by atoms with Crippen molar-refractivity contribution in [1.82, 2.24) is 15.1 Å². The van der Waals surface area contributed by atoms with Gasteiger partial charge in [-0.2, -0.15) is 0 Å². The molecular weight excluding hydrogens is 178 g/mol. The number of rotatable bonds is 2. The van der Waals surface area contributed by atoms with Crippen molar-refractivity contribution in [3.05, 3.63) is 0 Å². The van der Waals surface area contributed by atoms with Crippen LogP contribution in [-0.2, 0) is 4.79 Å². The first-order chi connectivity index (χ1) is 6.56. The molecular formula is C10H21N3O. The molecule has 2 atom stereocenters. The Labute approximate surface area is 86.2 Å². The highest BCUT2D eigenvalue weighted by molar-refractivity contribution is 5.81. The zero-order chi connectivity index (χ0) is 10.7. The van der Waals surface area contributed by atoms with E-state index in [4.69, 9.17) is 0 Å². The highest BCUT2D eigenvalue weighted by atomic mass is 16.2. The number of carbonyl (C=O) groups excluding carboxylic acids is 1. The summed E-state index contributed by atoms with van der Waals surface area (Å²) >= 11 is 0. The predicted molar refractivity (Wildman–Crippen MR) is 57.2 cm³/mol. The van der Waals surface area contributed by atoms with Crippen molar-refractivity contribution in [2.45, 2.75) is 25.9 Å². The van der Waals surface area contributed by atoms with Crippen LogP contribution in [0, 0.1) is 0 Å². The molecule has 0 radical (unpaired) electrons. The topological polar surface area (TPSA) is 35.6 Å². The monoisotopic (exact) mass is 199 g/mol. The molecule has 1 rings (SSSR count). The minimum atomic E-state index is -0.0687. The van der Waals surface area contributed by atoms with Crippen molar-refractivity contribution in [2.24, 2.45) is 0 Å². The summed E-state index contributed by atoms with van der Waals surface area (Å²) in [6.45, 7) is 6.82. The van der Waals surface area contributed by atoms with Gasteiger partial charge in [-0.15, -0.1) is 0 Å². The van der Waals surface area contributed by atoms with Gasteiger partial charge < -0.3 is 15.1 Å². The standard InChI is InChI=1S/C10H21N3O/c1-8-7-12(4)5-6-13(8)10(14)9(2)11-3/h8-9,11H,5-7H2,1-4H3. The van der Waals surface area contributed by atoms with Gasteiger partial charge in [0.2, 0.25) is 5.91 Å². The fraction of sp³-hybridized carbons (Fsp3) is 0.900. The van der Waals surface area contributed by atoms with Crippen LogP contribution in [0.2, 0.25) is 0 Å². The number of hydrogen-bond donors (Lipinski definition) is 1. The Morgan fingerprint density at radius 1 is 1.50 bits per heavy atom. The number of hydrogen-bond acceptors (Lipinski definition) is 3. The molecule has 0 bridgehead atoms. The lowest BCUT2D eigenvalue weighted by Gasteiger charge is -2.39. The van der Waals surface area contributed by atoms with Crippen molar-refractivity contribution in [3.8, 4) is 0 Å². The van der Waals surface area contributed by atoms with E-state index in [9.17, 15) is 4.79 Å². The molecule has 1 fully saturated rings. The van der Waals surface area contributed by atoms with Gasteiger partial charge in [-0.3, -0.25) is 4.79 Å². The van der Waals surface area contributed by atoms with Gasteiger partial charge >= 0.3 is 0 Å². The van der Waals surface area contributed by atoms with Gasteiger partial charge in [0.05, 0.1) is 6.04 Å². The maximum Gasteiger partial charge on any atom is 0.239 e. The second-order valence-corrected chi connectivity index (χ2v) is 4.15. The lowest BCUT2D eigenvalue weighted by atomic mass is 10.1. The zero-order valence-corrected chi connectivity index (χ0v) is 9.58. The van der Waals surface area contributed by atoms with Crippen molar-refractivity contribution in [3.63, 3.8) is 0 Å². The van der Waals surface area contributed by atoms with Crippen LogP contribution in [0.1, 0.15) is 13.8 Å². The third-order valence-electron chi connectivity index (χ3n) is 2.92. The Kier molecular flexibility index (Phi) is 3.89. The van der Waals surface area contributed by atoms with Crippen LogP contribution in [0.25, 0.3) is 0 Å². The molecule has 1 amide bonds. The summed E-state index contributed by atoms with van der Waals surface area (Å²) < 4.78 is 0. The second kappa shape index (κ2) is 4.75. The van der Waals surface area contributed by atoms with Crippen molar-refractivity contribution < 1.29 is 4.79 Å². The summed E-state index contributed by atoms with van der Waals surface area (Å²) in [6.07, 6.45) is 0. The van der Waals surface area contributed by atoms with Crippen molar-refractivity contribution >= 4 is 5.91 Å². The average molecular weight is 199 g/mol. The third kappa shape index (κ3) is 2.45. The fourth-order valence-electron chi connectivity index (χ4n) is 1.84. The first-order valence-electron chi connectivity index (χ1n) is 5.22. The smallest absolute Gasteiger partial charge is 0.239 e. The summed E-state index contributed by atoms with van der Waals surface area (Å²) in [5, 5.41) is 2.99. The normalized spacial score (nSPS) is 26.3. The number of nitrogens with zero attached hydrogens (tertiary/aromatic N) is 2. The molecule has 82 valence electrons. The van der Waals surface area contributed by atoms with Crippen LogP contribution >= 0.6 is 0 Å². The van der Waals surface area contributed by atoms with E-state index < -0.39 is 0 Å². The molecule has 1 N–H and O–H groups in total. The maximum absolute atomic E-state index is 11.9. The number of nitrogens with one attached hydrogen (secondary N) is 1. The van der Waals surface area contributed by atoms with E-state index in [1.165, 1.54) is 0 Å². The zero-order valence-electron chi connectivity index (χ0n) is 9.58. The molecule has 14 heavy (non-hydrogen) atoms. The van der Waals surface area contributed by atoms with Gasteiger partial charge in [0.25, 0.3) is 0 Å².